The van der Waals surface area contributed by atoms with E-state index in [0.717, 1.165) is 5.56 Å². The number of hydrogen-bond donors (Lipinski definition) is 0. The van der Waals surface area contributed by atoms with E-state index >= 15 is 0 Å². The van der Waals surface area contributed by atoms with Crippen molar-refractivity contribution in [3.8, 4) is 0 Å². The molecular weight excluding hydrogens is 244 g/mol. The van der Waals surface area contributed by atoms with Gasteiger partial charge in [0.1, 0.15) is 6.10 Å². The van der Waals surface area contributed by atoms with Crippen molar-refractivity contribution in [2.45, 2.75) is 25.0 Å². The van der Waals surface area contributed by atoms with Crippen LogP contribution in [0, 0.1) is 20.2 Å². The number of benzene rings is 1. The molecule has 18 heavy (non-hydrogen) atoms. The standard InChI is InChI=1S/C10H10N2O6/c13-11(14)17-9-6-5-7-3-1-2-4-8(7)10(9)18-12(15)16/h1-4,9-10H,5-6H2/t9-,10+/m0/s1. The van der Waals surface area contributed by atoms with Crippen molar-refractivity contribution in [3.05, 3.63) is 55.6 Å². The van der Waals surface area contributed by atoms with Gasteiger partial charge in [0.2, 0.25) is 0 Å². The highest BCUT2D eigenvalue weighted by atomic mass is 17.0. The lowest BCUT2D eigenvalue weighted by Gasteiger charge is -2.29. The maximum absolute atomic E-state index is 10.5. The first kappa shape index (κ1) is 12.1. The maximum Gasteiger partial charge on any atom is 0.295 e. The third kappa shape index (κ3) is 2.47. The summed E-state index contributed by atoms with van der Waals surface area (Å²) in [6.45, 7) is 0. The van der Waals surface area contributed by atoms with Crippen molar-refractivity contribution >= 4 is 0 Å². The summed E-state index contributed by atoms with van der Waals surface area (Å²) in [6.07, 6.45) is -1.15. The second kappa shape index (κ2) is 4.86. The Morgan fingerprint density at radius 3 is 2.44 bits per heavy atom. The Morgan fingerprint density at radius 2 is 1.78 bits per heavy atom. The van der Waals surface area contributed by atoms with Crippen molar-refractivity contribution in [3.63, 3.8) is 0 Å². The molecule has 0 bridgehead atoms. The second-order valence-corrected chi connectivity index (χ2v) is 3.85. The molecule has 0 aromatic heterocycles. The van der Waals surface area contributed by atoms with Crippen molar-refractivity contribution in [2.75, 3.05) is 0 Å². The summed E-state index contributed by atoms with van der Waals surface area (Å²) in [5.74, 6) is 0. The van der Waals surface area contributed by atoms with Gasteiger partial charge in [0, 0.05) is 0 Å². The van der Waals surface area contributed by atoms with E-state index in [2.05, 4.69) is 9.68 Å². The molecule has 1 aromatic rings. The second-order valence-electron chi connectivity index (χ2n) is 3.85. The zero-order valence-electron chi connectivity index (χ0n) is 9.22. The minimum atomic E-state index is -1.06. The molecule has 8 heteroatoms. The first-order valence-electron chi connectivity index (χ1n) is 5.28. The lowest BCUT2D eigenvalue weighted by atomic mass is 9.87. The van der Waals surface area contributed by atoms with Gasteiger partial charge < -0.3 is 9.68 Å². The number of rotatable bonds is 4. The van der Waals surface area contributed by atoms with E-state index in [0.29, 0.717) is 18.4 Å². The van der Waals surface area contributed by atoms with Crippen LogP contribution in [-0.4, -0.2) is 16.3 Å². The van der Waals surface area contributed by atoms with Gasteiger partial charge in [-0.25, -0.2) is 0 Å². The van der Waals surface area contributed by atoms with Crippen LogP contribution >= 0.6 is 0 Å². The molecule has 1 aliphatic rings. The monoisotopic (exact) mass is 254 g/mol. The number of nitrogens with zero attached hydrogens (tertiary/aromatic N) is 2. The molecule has 8 nitrogen and oxygen atoms in total. The summed E-state index contributed by atoms with van der Waals surface area (Å²) in [5, 5.41) is 18.9. The minimum Gasteiger partial charge on any atom is -0.308 e. The summed E-state index contributed by atoms with van der Waals surface area (Å²) in [6, 6.07) is 6.97. The molecule has 1 aliphatic carbocycles. The van der Waals surface area contributed by atoms with Gasteiger partial charge in [-0.15, -0.1) is 20.2 Å². The average molecular weight is 254 g/mol. The van der Waals surface area contributed by atoms with Crippen molar-refractivity contribution in [2.24, 2.45) is 0 Å². The first-order chi connectivity index (χ1) is 8.58. The molecule has 96 valence electrons. The Kier molecular flexibility index (Phi) is 3.26. The van der Waals surface area contributed by atoms with Crippen molar-refractivity contribution < 1.29 is 19.8 Å². The van der Waals surface area contributed by atoms with Crippen LogP contribution in [-0.2, 0) is 16.1 Å². The van der Waals surface area contributed by atoms with E-state index in [1.807, 2.05) is 6.07 Å². The molecule has 2 rings (SSSR count). The van der Waals surface area contributed by atoms with Crippen LogP contribution < -0.4 is 0 Å². The van der Waals surface area contributed by atoms with Crippen LogP contribution in [0.1, 0.15) is 23.7 Å². The third-order valence-electron chi connectivity index (χ3n) is 2.82. The lowest BCUT2D eigenvalue weighted by Crippen LogP contribution is -2.33. The van der Waals surface area contributed by atoms with E-state index < -0.39 is 22.4 Å². The molecule has 0 unspecified atom stereocenters. The van der Waals surface area contributed by atoms with Crippen LogP contribution in [0.25, 0.3) is 0 Å². The largest absolute Gasteiger partial charge is 0.308 e. The molecule has 0 saturated carbocycles. The molecule has 0 saturated heterocycles. The fourth-order valence-electron chi connectivity index (χ4n) is 2.12. The van der Waals surface area contributed by atoms with Gasteiger partial charge in [-0.05, 0) is 24.0 Å². The highest BCUT2D eigenvalue weighted by molar-refractivity contribution is 5.32. The van der Waals surface area contributed by atoms with Gasteiger partial charge in [-0.3, -0.25) is 0 Å². The van der Waals surface area contributed by atoms with E-state index in [4.69, 9.17) is 0 Å². The lowest BCUT2D eigenvalue weighted by molar-refractivity contribution is -0.801. The maximum atomic E-state index is 10.5. The van der Waals surface area contributed by atoms with Gasteiger partial charge in [-0.1, -0.05) is 24.3 Å². The van der Waals surface area contributed by atoms with Gasteiger partial charge >= 0.3 is 0 Å². The fraction of sp³-hybridized carbons (Fsp3) is 0.400. The quantitative estimate of drug-likeness (QED) is 0.594. The van der Waals surface area contributed by atoms with E-state index in [9.17, 15) is 20.2 Å². The Morgan fingerprint density at radius 1 is 1.11 bits per heavy atom. The molecule has 0 fully saturated rings. The zero-order valence-corrected chi connectivity index (χ0v) is 9.22. The molecule has 0 radical (unpaired) electrons. The minimum absolute atomic E-state index is 0.302. The van der Waals surface area contributed by atoms with Crippen molar-refractivity contribution in [1.29, 1.82) is 0 Å². The topological polar surface area (TPSA) is 105 Å². The summed E-state index contributed by atoms with van der Waals surface area (Å²) in [7, 11) is 0. The molecule has 0 aliphatic heterocycles. The zero-order chi connectivity index (χ0) is 13.1. The number of aryl methyl sites for hydroxylation is 1. The Labute approximate surface area is 101 Å². The highest BCUT2D eigenvalue weighted by Crippen LogP contribution is 2.34. The van der Waals surface area contributed by atoms with Crippen LogP contribution in [0.15, 0.2) is 24.3 Å². The highest BCUT2D eigenvalue weighted by Gasteiger charge is 2.34. The molecular formula is C10H10N2O6. The number of fused-ring (bicyclic) bond motifs is 1. The molecule has 1 aromatic carbocycles. The van der Waals surface area contributed by atoms with Gasteiger partial charge in [0.05, 0.1) is 0 Å². The molecule has 2 atom stereocenters. The van der Waals surface area contributed by atoms with E-state index in [-0.39, 0.29) is 0 Å². The summed E-state index contributed by atoms with van der Waals surface area (Å²) < 4.78 is 0. The smallest absolute Gasteiger partial charge is 0.295 e. The van der Waals surface area contributed by atoms with E-state index in [1.165, 1.54) is 0 Å². The van der Waals surface area contributed by atoms with Crippen LogP contribution in [0.3, 0.4) is 0 Å². The molecule has 0 heterocycles. The van der Waals surface area contributed by atoms with Gasteiger partial charge in [0.15, 0.2) is 6.10 Å². The first-order valence-corrected chi connectivity index (χ1v) is 5.28. The van der Waals surface area contributed by atoms with E-state index in [1.54, 1.807) is 18.2 Å². The molecule has 0 N–H and O–H groups in total. The summed E-state index contributed by atoms with van der Waals surface area (Å²) in [5.41, 5.74) is 1.44. The summed E-state index contributed by atoms with van der Waals surface area (Å²) >= 11 is 0. The SMILES string of the molecule is O=[N+]([O-])O[C@H]1CCc2ccccc2[C@H]1O[N+](=O)[O-]. The summed E-state index contributed by atoms with van der Waals surface area (Å²) in [4.78, 5) is 29.8. The Bertz CT molecular complexity index is 477. The van der Waals surface area contributed by atoms with Crippen molar-refractivity contribution in [1.82, 2.24) is 0 Å². The predicted octanol–water partition coefficient (Wildman–Crippen LogP) is 1.46. The van der Waals surface area contributed by atoms with Gasteiger partial charge in [-0.2, -0.15) is 0 Å². The Balaban J connectivity index is 2.30. The third-order valence-corrected chi connectivity index (χ3v) is 2.82. The van der Waals surface area contributed by atoms with Gasteiger partial charge in [0.25, 0.3) is 10.2 Å². The van der Waals surface area contributed by atoms with Crippen LogP contribution in [0.4, 0.5) is 0 Å². The normalized spacial score (nSPS) is 21.8. The number of hydrogen-bond acceptors (Lipinski definition) is 6. The van der Waals surface area contributed by atoms with Crippen LogP contribution in [0.5, 0.6) is 0 Å². The molecule has 0 spiro atoms. The predicted molar refractivity (Wildman–Crippen MR) is 57.5 cm³/mol. The Hall–Kier alpha value is -2.38. The average Bonchev–Trinajstić information content (AvgIpc) is 2.31. The van der Waals surface area contributed by atoms with Crippen LogP contribution in [0.2, 0.25) is 0 Å². The fourth-order valence-corrected chi connectivity index (χ4v) is 2.12. The molecule has 0 amide bonds.